The third kappa shape index (κ3) is 6.21. The molecule has 0 amide bonds. The van der Waals surface area contributed by atoms with Crippen LogP contribution in [0.4, 0.5) is 8.78 Å². The fourth-order valence-electron chi connectivity index (χ4n) is 5.06. The third-order valence-electron chi connectivity index (χ3n) is 7.09. The minimum atomic E-state index is -0.620. The molecule has 3 rings (SSSR count). The van der Waals surface area contributed by atoms with Gasteiger partial charge in [-0.2, -0.15) is 0 Å². The van der Waals surface area contributed by atoms with Crippen molar-refractivity contribution in [3.05, 3.63) is 29.3 Å². The molecule has 1 aromatic rings. The zero-order valence-electron chi connectivity index (χ0n) is 18.1. The van der Waals surface area contributed by atoms with Gasteiger partial charge in [0.25, 0.3) is 0 Å². The molecule has 2 aliphatic carbocycles. The quantitative estimate of drug-likeness (QED) is 0.353. The molecule has 0 atom stereocenters. The van der Waals surface area contributed by atoms with Crippen molar-refractivity contribution in [1.29, 1.82) is 0 Å². The molecule has 0 unspecified atom stereocenters. The van der Waals surface area contributed by atoms with Gasteiger partial charge < -0.3 is 4.74 Å². The Morgan fingerprint density at radius 3 is 2.03 bits per heavy atom. The molecule has 0 saturated heterocycles. The van der Waals surface area contributed by atoms with E-state index in [1.807, 2.05) is 6.92 Å². The molecule has 0 aliphatic heterocycles. The maximum atomic E-state index is 14.3. The predicted molar refractivity (Wildman–Crippen MR) is 115 cm³/mol. The van der Waals surface area contributed by atoms with Crippen molar-refractivity contribution in [2.75, 3.05) is 6.61 Å². The summed E-state index contributed by atoms with van der Waals surface area (Å²) in [7, 11) is 0. The van der Waals surface area contributed by atoms with E-state index in [4.69, 9.17) is 4.74 Å². The van der Waals surface area contributed by atoms with Crippen LogP contribution in [-0.4, -0.2) is 6.61 Å². The summed E-state index contributed by atoms with van der Waals surface area (Å²) in [6.45, 7) is 4.84. The normalized spacial score (nSPS) is 27.2. The van der Waals surface area contributed by atoms with Gasteiger partial charge in [-0.15, -0.1) is 0 Å². The molecule has 0 aromatic heterocycles. The molecule has 0 radical (unpaired) electrons. The third-order valence-corrected chi connectivity index (χ3v) is 7.09. The second kappa shape index (κ2) is 11.0. The Hall–Kier alpha value is -1.56. The zero-order chi connectivity index (χ0) is 20.6. The lowest BCUT2D eigenvalue weighted by Gasteiger charge is -2.36. The van der Waals surface area contributed by atoms with E-state index in [1.54, 1.807) is 0 Å². The van der Waals surface area contributed by atoms with Crippen LogP contribution in [0.2, 0.25) is 0 Å². The highest BCUT2D eigenvalue weighted by molar-refractivity contribution is 5.41. The van der Waals surface area contributed by atoms with Crippen LogP contribution in [0.5, 0.6) is 5.75 Å². The molecule has 0 bridgehead atoms. The number of unbranched alkanes of at least 4 members (excludes halogenated alkanes) is 1. The molecule has 0 heterocycles. The summed E-state index contributed by atoms with van der Waals surface area (Å²) < 4.78 is 34.0. The van der Waals surface area contributed by atoms with E-state index in [-0.39, 0.29) is 17.2 Å². The number of hydrogen-bond donors (Lipinski definition) is 0. The average Bonchev–Trinajstić information content (AvgIpc) is 2.74. The number of rotatable bonds is 6. The molecular formula is C26H36F2O. The van der Waals surface area contributed by atoms with Crippen molar-refractivity contribution in [2.24, 2.45) is 23.7 Å². The SMILES string of the molecule is CCCCOc1cc(F)c(C#C[C@H]2CC[C@H]([C@H]3CC[C@H](CC)CC3)CC2)c(F)c1. The van der Waals surface area contributed by atoms with Crippen LogP contribution in [0.25, 0.3) is 0 Å². The Morgan fingerprint density at radius 2 is 1.48 bits per heavy atom. The van der Waals surface area contributed by atoms with Crippen LogP contribution in [-0.2, 0) is 0 Å². The molecule has 160 valence electrons. The summed E-state index contributed by atoms with van der Waals surface area (Å²) in [5.41, 5.74) is -0.118. The van der Waals surface area contributed by atoms with Crippen LogP contribution in [0.15, 0.2) is 12.1 Å². The molecule has 2 aliphatic rings. The molecule has 29 heavy (non-hydrogen) atoms. The standard InChI is InChI=1S/C26H36F2O/c1-3-5-16-29-23-17-25(27)24(26(28)18-23)15-10-20-8-13-22(14-9-20)21-11-6-19(4-2)7-12-21/h17-22H,3-9,11-14,16H2,1-2H3/t19-,20-,21-,22-. The van der Waals surface area contributed by atoms with E-state index in [2.05, 4.69) is 18.8 Å². The summed E-state index contributed by atoms with van der Waals surface area (Å²) in [6.07, 6.45) is 13.3. The fourth-order valence-corrected chi connectivity index (χ4v) is 5.06. The molecule has 1 aromatic carbocycles. The lowest BCUT2D eigenvalue weighted by atomic mass is 9.69. The van der Waals surface area contributed by atoms with Crippen LogP contribution in [0, 0.1) is 47.1 Å². The molecular weight excluding hydrogens is 366 g/mol. The van der Waals surface area contributed by atoms with Gasteiger partial charge in [-0.3, -0.25) is 0 Å². The fraction of sp³-hybridized carbons (Fsp3) is 0.692. The van der Waals surface area contributed by atoms with Crippen molar-refractivity contribution in [3.63, 3.8) is 0 Å². The van der Waals surface area contributed by atoms with Gasteiger partial charge in [-0.25, -0.2) is 8.78 Å². The van der Waals surface area contributed by atoms with Crippen molar-refractivity contribution >= 4 is 0 Å². The molecule has 0 N–H and O–H groups in total. The minimum Gasteiger partial charge on any atom is -0.493 e. The Morgan fingerprint density at radius 1 is 0.897 bits per heavy atom. The maximum absolute atomic E-state index is 14.3. The predicted octanol–water partition coefficient (Wildman–Crippen LogP) is 7.52. The second-order valence-corrected chi connectivity index (χ2v) is 9.03. The van der Waals surface area contributed by atoms with Crippen molar-refractivity contribution in [3.8, 4) is 17.6 Å². The summed E-state index contributed by atoms with van der Waals surface area (Å²) >= 11 is 0. The summed E-state index contributed by atoms with van der Waals surface area (Å²) in [5.74, 6) is 7.90. The minimum absolute atomic E-state index is 0.118. The van der Waals surface area contributed by atoms with Crippen LogP contribution in [0.1, 0.15) is 90.0 Å². The maximum Gasteiger partial charge on any atom is 0.145 e. The van der Waals surface area contributed by atoms with Gasteiger partial charge in [0.2, 0.25) is 0 Å². The highest BCUT2D eigenvalue weighted by atomic mass is 19.1. The topological polar surface area (TPSA) is 9.23 Å². The lowest BCUT2D eigenvalue weighted by Crippen LogP contribution is -2.25. The summed E-state index contributed by atoms with van der Waals surface area (Å²) in [6, 6.07) is 2.51. The number of halogens is 2. The summed E-state index contributed by atoms with van der Waals surface area (Å²) in [4.78, 5) is 0. The van der Waals surface area contributed by atoms with Crippen LogP contribution in [0.3, 0.4) is 0 Å². The first-order valence-corrected chi connectivity index (χ1v) is 11.7. The zero-order valence-corrected chi connectivity index (χ0v) is 18.1. The van der Waals surface area contributed by atoms with Gasteiger partial charge in [0.15, 0.2) is 0 Å². The molecule has 2 fully saturated rings. The Bertz CT molecular complexity index is 678. The van der Waals surface area contributed by atoms with Gasteiger partial charge >= 0.3 is 0 Å². The lowest BCUT2D eigenvalue weighted by molar-refractivity contribution is 0.156. The van der Waals surface area contributed by atoms with Gasteiger partial charge in [-0.05, 0) is 62.7 Å². The second-order valence-electron chi connectivity index (χ2n) is 9.03. The van der Waals surface area contributed by atoms with Gasteiger partial charge in [0.1, 0.15) is 17.4 Å². The largest absolute Gasteiger partial charge is 0.493 e. The van der Waals surface area contributed by atoms with Crippen LogP contribution < -0.4 is 4.74 Å². The Kier molecular flexibility index (Phi) is 8.40. The van der Waals surface area contributed by atoms with E-state index in [0.717, 1.165) is 43.4 Å². The molecule has 3 heteroatoms. The molecule has 2 saturated carbocycles. The highest BCUT2D eigenvalue weighted by Gasteiger charge is 2.30. The van der Waals surface area contributed by atoms with Gasteiger partial charge in [-0.1, -0.05) is 51.4 Å². The first-order chi connectivity index (χ1) is 14.1. The number of ether oxygens (including phenoxy) is 1. The van der Waals surface area contributed by atoms with Crippen molar-refractivity contribution < 1.29 is 13.5 Å². The monoisotopic (exact) mass is 402 g/mol. The van der Waals surface area contributed by atoms with E-state index in [9.17, 15) is 8.78 Å². The smallest absolute Gasteiger partial charge is 0.145 e. The van der Waals surface area contributed by atoms with Gasteiger partial charge in [0, 0.05) is 18.1 Å². The van der Waals surface area contributed by atoms with Gasteiger partial charge in [0.05, 0.1) is 12.2 Å². The number of hydrogen-bond acceptors (Lipinski definition) is 1. The van der Waals surface area contributed by atoms with E-state index < -0.39 is 11.6 Å². The number of benzene rings is 1. The highest BCUT2D eigenvalue weighted by Crippen LogP contribution is 2.41. The summed E-state index contributed by atoms with van der Waals surface area (Å²) in [5, 5.41) is 0. The van der Waals surface area contributed by atoms with E-state index in [1.165, 1.54) is 57.1 Å². The van der Waals surface area contributed by atoms with Crippen molar-refractivity contribution in [2.45, 2.75) is 84.5 Å². The first kappa shape index (κ1) is 22.1. The molecule has 1 nitrogen and oxygen atoms in total. The first-order valence-electron chi connectivity index (χ1n) is 11.7. The average molecular weight is 403 g/mol. The Labute approximate surface area is 175 Å². The van der Waals surface area contributed by atoms with E-state index in [0.29, 0.717) is 6.61 Å². The Balaban J connectivity index is 1.52. The molecule has 0 spiro atoms. The van der Waals surface area contributed by atoms with Crippen LogP contribution >= 0.6 is 0 Å². The van der Waals surface area contributed by atoms with Crippen molar-refractivity contribution in [1.82, 2.24) is 0 Å². The van der Waals surface area contributed by atoms with E-state index >= 15 is 0 Å².